The molecule has 0 spiro atoms. The van der Waals surface area contributed by atoms with Crippen LogP contribution in [0.3, 0.4) is 0 Å². The predicted octanol–water partition coefficient (Wildman–Crippen LogP) is 3.70. The van der Waals surface area contributed by atoms with E-state index in [2.05, 4.69) is 9.97 Å². The highest BCUT2D eigenvalue weighted by atomic mass is 35.5. The zero-order valence-corrected chi connectivity index (χ0v) is 13.9. The van der Waals surface area contributed by atoms with Crippen molar-refractivity contribution in [3.63, 3.8) is 0 Å². The summed E-state index contributed by atoms with van der Waals surface area (Å²) in [6.07, 6.45) is 10.3. The molecule has 0 aliphatic carbocycles. The zero-order chi connectivity index (χ0) is 16.5. The van der Waals surface area contributed by atoms with Crippen LogP contribution in [0.25, 0.3) is 16.7 Å². The topological polar surface area (TPSA) is 51.0 Å². The molecule has 4 rings (SSSR count). The number of pyridine rings is 2. The molecule has 1 saturated heterocycles. The fourth-order valence-electron chi connectivity index (χ4n) is 3.16. The first-order chi connectivity index (χ1) is 11.7. The highest BCUT2D eigenvalue weighted by Gasteiger charge is 2.19. The normalized spacial score (nSPS) is 15.0. The molecule has 0 bridgehead atoms. The third-order valence-electron chi connectivity index (χ3n) is 4.39. The quantitative estimate of drug-likeness (QED) is 0.714. The van der Waals surface area contributed by atoms with E-state index in [0.29, 0.717) is 10.6 Å². The second kappa shape index (κ2) is 6.24. The van der Waals surface area contributed by atoms with Crippen LogP contribution < -0.4 is 0 Å². The minimum absolute atomic E-state index is 0.0706. The molecule has 4 heterocycles. The molecular formula is C18H17ClN4O. The standard InChI is InChI=1S/C18H17ClN4O/c19-15-9-16(12-20-11-15)23-7-4-13-8-14(10-21-17(13)23)18(24)22-5-2-1-3-6-22/h4,7-12H,1-3,5-6H2. The van der Waals surface area contributed by atoms with E-state index < -0.39 is 0 Å². The minimum Gasteiger partial charge on any atom is -0.339 e. The van der Waals surface area contributed by atoms with E-state index in [-0.39, 0.29) is 5.91 Å². The van der Waals surface area contributed by atoms with Crippen LogP contribution >= 0.6 is 11.6 Å². The average Bonchev–Trinajstić information content (AvgIpc) is 3.05. The van der Waals surface area contributed by atoms with Crippen molar-refractivity contribution < 1.29 is 4.79 Å². The number of amides is 1. The summed E-state index contributed by atoms with van der Waals surface area (Å²) in [5.41, 5.74) is 2.28. The van der Waals surface area contributed by atoms with Gasteiger partial charge in [0.2, 0.25) is 0 Å². The average molecular weight is 341 g/mol. The summed E-state index contributed by atoms with van der Waals surface area (Å²) in [6, 6.07) is 5.70. The van der Waals surface area contributed by atoms with Crippen molar-refractivity contribution in [2.24, 2.45) is 0 Å². The fraction of sp³-hybridized carbons (Fsp3) is 0.278. The van der Waals surface area contributed by atoms with Gasteiger partial charge in [0.15, 0.2) is 0 Å². The Morgan fingerprint density at radius 1 is 1.08 bits per heavy atom. The van der Waals surface area contributed by atoms with Crippen LogP contribution in [0.5, 0.6) is 0 Å². The summed E-state index contributed by atoms with van der Waals surface area (Å²) in [5, 5.41) is 1.50. The number of aromatic nitrogens is 3. The van der Waals surface area contributed by atoms with Crippen LogP contribution in [0.4, 0.5) is 0 Å². The van der Waals surface area contributed by atoms with Crippen molar-refractivity contribution in [2.75, 3.05) is 13.1 Å². The number of carbonyl (C=O) groups excluding carboxylic acids is 1. The number of rotatable bonds is 2. The molecular weight excluding hydrogens is 324 g/mol. The van der Waals surface area contributed by atoms with Gasteiger partial charge in [-0.3, -0.25) is 14.3 Å². The van der Waals surface area contributed by atoms with E-state index in [1.807, 2.05) is 33.9 Å². The van der Waals surface area contributed by atoms with Gasteiger partial charge < -0.3 is 4.90 Å². The Hall–Kier alpha value is -2.40. The SMILES string of the molecule is O=C(c1cnc2c(ccn2-c2cncc(Cl)c2)c1)N1CCCCC1. The molecule has 0 atom stereocenters. The summed E-state index contributed by atoms with van der Waals surface area (Å²) < 4.78 is 1.92. The molecule has 24 heavy (non-hydrogen) atoms. The van der Waals surface area contributed by atoms with Crippen LogP contribution in [0.2, 0.25) is 5.02 Å². The van der Waals surface area contributed by atoms with Crippen molar-refractivity contribution in [3.8, 4) is 5.69 Å². The van der Waals surface area contributed by atoms with Crippen molar-refractivity contribution in [1.29, 1.82) is 0 Å². The van der Waals surface area contributed by atoms with Gasteiger partial charge in [-0.05, 0) is 37.5 Å². The Bertz CT molecular complexity index is 899. The Morgan fingerprint density at radius 2 is 1.92 bits per heavy atom. The Labute approximate surface area is 144 Å². The van der Waals surface area contributed by atoms with E-state index in [1.165, 1.54) is 6.42 Å². The van der Waals surface area contributed by atoms with Crippen LogP contribution in [0.15, 0.2) is 43.0 Å². The van der Waals surface area contributed by atoms with Crippen molar-refractivity contribution in [1.82, 2.24) is 19.4 Å². The van der Waals surface area contributed by atoms with Gasteiger partial charge in [0.05, 0.1) is 22.5 Å². The van der Waals surface area contributed by atoms with Crippen molar-refractivity contribution in [3.05, 3.63) is 53.6 Å². The summed E-state index contributed by atoms with van der Waals surface area (Å²) >= 11 is 6.02. The van der Waals surface area contributed by atoms with E-state index >= 15 is 0 Å². The second-order valence-corrected chi connectivity index (χ2v) is 6.47. The first-order valence-electron chi connectivity index (χ1n) is 8.10. The molecule has 0 saturated carbocycles. The number of fused-ring (bicyclic) bond motifs is 1. The first-order valence-corrected chi connectivity index (χ1v) is 8.47. The minimum atomic E-state index is 0.0706. The predicted molar refractivity (Wildman–Crippen MR) is 93.6 cm³/mol. The van der Waals surface area contributed by atoms with Gasteiger partial charge in [-0.2, -0.15) is 0 Å². The lowest BCUT2D eigenvalue weighted by molar-refractivity contribution is 0.0724. The number of hydrogen-bond donors (Lipinski definition) is 0. The van der Waals surface area contributed by atoms with Crippen LogP contribution in [-0.4, -0.2) is 38.4 Å². The molecule has 0 aromatic carbocycles. The molecule has 0 radical (unpaired) electrons. The van der Waals surface area contributed by atoms with Crippen molar-refractivity contribution >= 4 is 28.5 Å². The summed E-state index contributed by atoms with van der Waals surface area (Å²) in [5.74, 6) is 0.0706. The summed E-state index contributed by atoms with van der Waals surface area (Å²) in [6.45, 7) is 1.68. The third kappa shape index (κ3) is 2.76. The van der Waals surface area contributed by atoms with Gasteiger partial charge in [0.1, 0.15) is 5.65 Å². The third-order valence-corrected chi connectivity index (χ3v) is 4.59. The van der Waals surface area contributed by atoms with Crippen molar-refractivity contribution in [2.45, 2.75) is 19.3 Å². The molecule has 3 aromatic rings. The maximum atomic E-state index is 12.6. The number of piperidine rings is 1. The van der Waals surface area contributed by atoms with Crippen LogP contribution in [0, 0.1) is 0 Å². The van der Waals surface area contributed by atoms with Gasteiger partial charge in [-0.25, -0.2) is 4.98 Å². The number of halogens is 1. The smallest absolute Gasteiger partial charge is 0.255 e. The zero-order valence-electron chi connectivity index (χ0n) is 13.2. The lowest BCUT2D eigenvalue weighted by Crippen LogP contribution is -2.35. The molecule has 1 fully saturated rings. The summed E-state index contributed by atoms with van der Waals surface area (Å²) in [7, 11) is 0. The van der Waals surface area contributed by atoms with Gasteiger partial charge >= 0.3 is 0 Å². The van der Waals surface area contributed by atoms with Crippen LogP contribution in [0.1, 0.15) is 29.6 Å². The van der Waals surface area contributed by atoms with E-state index in [9.17, 15) is 4.79 Å². The highest BCUT2D eigenvalue weighted by molar-refractivity contribution is 6.30. The molecule has 0 unspecified atom stereocenters. The lowest BCUT2D eigenvalue weighted by Gasteiger charge is -2.26. The van der Waals surface area contributed by atoms with Crippen LogP contribution in [-0.2, 0) is 0 Å². The molecule has 1 aliphatic heterocycles. The van der Waals surface area contributed by atoms with Gasteiger partial charge in [0, 0.05) is 37.1 Å². The highest BCUT2D eigenvalue weighted by Crippen LogP contribution is 2.22. The monoisotopic (exact) mass is 340 g/mol. The molecule has 122 valence electrons. The molecule has 1 aliphatic rings. The maximum absolute atomic E-state index is 12.6. The van der Waals surface area contributed by atoms with Gasteiger partial charge in [-0.15, -0.1) is 0 Å². The Kier molecular flexibility index (Phi) is 3.94. The number of likely N-dealkylation sites (tertiary alicyclic amines) is 1. The first kappa shape index (κ1) is 15.1. The van der Waals surface area contributed by atoms with Gasteiger partial charge in [0.25, 0.3) is 5.91 Å². The molecule has 0 N–H and O–H groups in total. The molecule has 1 amide bonds. The maximum Gasteiger partial charge on any atom is 0.255 e. The molecule has 3 aromatic heterocycles. The van der Waals surface area contributed by atoms with E-state index in [1.54, 1.807) is 18.6 Å². The number of hydrogen-bond acceptors (Lipinski definition) is 3. The Balaban J connectivity index is 1.69. The largest absolute Gasteiger partial charge is 0.339 e. The fourth-order valence-corrected chi connectivity index (χ4v) is 3.33. The lowest BCUT2D eigenvalue weighted by atomic mass is 10.1. The number of carbonyl (C=O) groups is 1. The molecule has 5 nitrogen and oxygen atoms in total. The molecule has 6 heteroatoms. The Morgan fingerprint density at radius 3 is 2.71 bits per heavy atom. The summed E-state index contributed by atoms with van der Waals surface area (Å²) in [4.78, 5) is 23.2. The van der Waals surface area contributed by atoms with Gasteiger partial charge in [-0.1, -0.05) is 11.6 Å². The van der Waals surface area contributed by atoms with E-state index in [0.717, 1.165) is 42.7 Å². The van der Waals surface area contributed by atoms with E-state index in [4.69, 9.17) is 11.6 Å². The second-order valence-electron chi connectivity index (χ2n) is 6.04. The number of nitrogens with zero attached hydrogens (tertiary/aromatic N) is 4.